The maximum Gasteiger partial charge on any atom is 0.277 e. The molecule has 0 spiro atoms. The Labute approximate surface area is 162 Å². The van der Waals surface area contributed by atoms with Crippen LogP contribution in [0, 0.1) is 26.1 Å². The molecule has 1 aliphatic carbocycles. The normalized spacial score (nSPS) is 15.5. The highest BCUT2D eigenvalue weighted by Gasteiger charge is 2.28. The van der Waals surface area contributed by atoms with E-state index in [9.17, 15) is 29.8 Å². The van der Waals surface area contributed by atoms with Gasteiger partial charge in [-0.15, -0.1) is 11.3 Å². The Morgan fingerprint density at radius 2 is 1.79 bits per heavy atom. The number of nitro groups is 2. The molecule has 1 aromatic carbocycles. The van der Waals surface area contributed by atoms with Gasteiger partial charge in [0.2, 0.25) is 0 Å². The van der Waals surface area contributed by atoms with Crippen LogP contribution in [0.1, 0.15) is 44.5 Å². The number of amides is 2. The number of benzene rings is 1. The highest BCUT2D eigenvalue weighted by atomic mass is 32.1. The molecule has 1 atom stereocenters. The van der Waals surface area contributed by atoms with Gasteiger partial charge in [0.15, 0.2) is 0 Å². The van der Waals surface area contributed by atoms with Gasteiger partial charge in [0, 0.05) is 17.0 Å². The van der Waals surface area contributed by atoms with Crippen LogP contribution in [-0.4, -0.2) is 21.7 Å². The molecule has 0 saturated heterocycles. The number of nitrogens with one attached hydrogen (secondary N) is 1. The van der Waals surface area contributed by atoms with E-state index in [0.717, 1.165) is 41.5 Å². The van der Waals surface area contributed by atoms with Gasteiger partial charge in [-0.05, 0) is 30.7 Å². The van der Waals surface area contributed by atoms with Gasteiger partial charge in [-0.1, -0.05) is 6.92 Å². The van der Waals surface area contributed by atoms with Crippen molar-refractivity contribution in [2.24, 2.45) is 11.7 Å². The average Bonchev–Trinajstić information content (AvgIpc) is 2.98. The van der Waals surface area contributed by atoms with E-state index in [2.05, 4.69) is 12.2 Å². The second-order valence-electron chi connectivity index (χ2n) is 6.63. The van der Waals surface area contributed by atoms with Crippen LogP contribution < -0.4 is 11.1 Å². The van der Waals surface area contributed by atoms with Crippen LogP contribution in [-0.2, 0) is 12.8 Å². The highest BCUT2D eigenvalue weighted by molar-refractivity contribution is 7.17. The average molecular weight is 404 g/mol. The second kappa shape index (κ2) is 7.35. The lowest BCUT2D eigenvalue weighted by Crippen LogP contribution is -2.20. The third-order valence-corrected chi connectivity index (χ3v) is 5.77. The van der Waals surface area contributed by atoms with Gasteiger partial charge in [-0.25, -0.2) is 0 Å². The molecule has 146 valence electrons. The lowest BCUT2D eigenvalue weighted by atomic mass is 9.87. The van der Waals surface area contributed by atoms with E-state index in [1.165, 1.54) is 11.3 Å². The Morgan fingerprint density at radius 3 is 2.32 bits per heavy atom. The molecule has 0 aliphatic heterocycles. The van der Waals surface area contributed by atoms with Crippen molar-refractivity contribution in [2.75, 3.05) is 5.32 Å². The second-order valence-corrected chi connectivity index (χ2v) is 7.73. The van der Waals surface area contributed by atoms with E-state index in [1.807, 2.05) is 0 Å². The van der Waals surface area contributed by atoms with E-state index in [-0.39, 0.29) is 16.1 Å². The fourth-order valence-electron chi connectivity index (χ4n) is 3.22. The first kappa shape index (κ1) is 19.4. The number of carbonyl (C=O) groups is 2. The van der Waals surface area contributed by atoms with Crippen molar-refractivity contribution in [1.82, 2.24) is 0 Å². The molecule has 2 amide bonds. The number of nitro benzene ring substituents is 2. The first-order valence-corrected chi connectivity index (χ1v) is 9.18. The Balaban J connectivity index is 1.99. The van der Waals surface area contributed by atoms with E-state index >= 15 is 0 Å². The van der Waals surface area contributed by atoms with Crippen LogP contribution in [0.4, 0.5) is 16.4 Å². The molecule has 0 fully saturated rings. The van der Waals surface area contributed by atoms with Crippen LogP contribution >= 0.6 is 11.3 Å². The topological polar surface area (TPSA) is 158 Å². The standard InChI is InChI=1S/C17H16N4O6S/c1-8-2-3-13-12(4-8)14(15(18)22)17(28-13)19-16(23)9-5-10(20(24)25)7-11(6-9)21(26)27/h5-8H,2-4H2,1H3,(H2,18,22)(H,19,23)/t8-/m1/s1. The number of thiophene rings is 1. The van der Waals surface area contributed by atoms with E-state index in [4.69, 9.17) is 5.73 Å². The summed E-state index contributed by atoms with van der Waals surface area (Å²) in [5.74, 6) is -1.09. The van der Waals surface area contributed by atoms with Crippen molar-refractivity contribution in [3.8, 4) is 0 Å². The van der Waals surface area contributed by atoms with Gasteiger partial charge < -0.3 is 11.1 Å². The molecule has 2 aromatic rings. The van der Waals surface area contributed by atoms with Gasteiger partial charge in [0.1, 0.15) is 5.00 Å². The fourth-order valence-corrected chi connectivity index (χ4v) is 4.46. The summed E-state index contributed by atoms with van der Waals surface area (Å²) in [5.41, 5.74) is 5.16. The van der Waals surface area contributed by atoms with Crippen molar-refractivity contribution in [2.45, 2.75) is 26.2 Å². The number of primary amides is 1. The van der Waals surface area contributed by atoms with Crippen molar-refractivity contribution in [3.63, 3.8) is 0 Å². The predicted molar refractivity (Wildman–Crippen MR) is 102 cm³/mol. The van der Waals surface area contributed by atoms with Gasteiger partial charge in [0.05, 0.1) is 27.0 Å². The number of aryl methyl sites for hydroxylation is 1. The number of fused-ring (bicyclic) bond motifs is 1. The molecule has 3 rings (SSSR count). The summed E-state index contributed by atoms with van der Waals surface area (Å²) < 4.78 is 0. The van der Waals surface area contributed by atoms with Crippen molar-refractivity contribution in [1.29, 1.82) is 0 Å². The van der Waals surface area contributed by atoms with Crippen LogP contribution in [0.25, 0.3) is 0 Å². The Morgan fingerprint density at radius 1 is 1.18 bits per heavy atom. The number of non-ortho nitro benzene ring substituents is 2. The zero-order chi connectivity index (χ0) is 20.6. The van der Waals surface area contributed by atoms with E-state index in [1.54, 1.807) is 0 Å². The monoisotopic (exact) mass is 404 g/mol. The van der Waals surface area contributed by atoms with Crippen LogP contribution in [0.15, 0.2) is 18.2 Å². The van der Waals surface area contributed by atoms with Gasteiger partial charge in [0.25, 0.3) is 23.2 Å². The molecule has 0 radical (unpaired) electrons. The summed E-state index contributed by atoms with van der Waals surface area (Å²) in [4.78, 5) is 45.9. The first-order chi connectivity index (χ1) is 13.2. The number of carbonyl (C=O) groups excluding carboxylic acids is 2. The molecule has 0 bridgehead atoms. The third kappa shape index (κ3) is 3.69. The highest BCUT2D eigenvalue weighted by Crippen LogP contribution is 2.39. The molecular formula is C17H16N4O6S. The summed E-state index contributed by atoms with van der Waals surface area (Å²) in [6.45, 7) is 2.06. The van der Waals surface area contributed by atoms with Gasteiger partial charge >= 0.3 is 0 Å². The van der Waals surface area contributed by atoms with E-state index in [0.29, 0.717) is 12.3 Å². The zero-order valence-electron chi connectivity index (χ0n) is 14.8. The molecule has 0 saturated carbocycles. The number of nitrogens with two attached hydrogens (primary N) is 1. The largest absolute Gasteiger partial charge is 0.365 e. The molecule has 0 unspecified atom stereocenters. The Hall–Kier alpha value is -3.34. The molecule has 28 heavy (non-hydrogen) atoms. The fraction of sp³-hybridized carbons (Fsp3) is 0.294. The summed E-state index contributed by atoms with van der Waals surface area (Å²) in [5, 5.41) is 24.8. The van der Waals surface area contributed by atoms with Crippen LogP contribution in [0.5, 0.6) is 0 Å². The molecule has 1 aromatic heterocycles. The number of nitrogens with zero attached hydrogens (tertiary/aromatic N) is 2. The smallest absolute Gasteiger partial charge is 0.277 e. The van der Waals surface area contributed by atoms with Crippen molar-refractivity contribution < 1.29 is 19.4 Å². The minimum Gasteiger partial charge on any atom is -0.365 e. The van der Waals surface area contributed by atoms with Crippen molar-refractivity contribution >= 4 is 39.5 Å². The van der Waals surface area contributed by atoms with Crippen LogP contribution in [0.3, 0.4) is 0 Å². The maximum absolute atomic E-state index is 12.6. The summed E-state index contributed by atoms with van der Waals surface area (Å²) in [6, 6.07) is 2.67. The number of hydrogen-bond acceptors (Lipinski definition) is 7. The van der Waals surface area contributed by atoms with Gasteiger partial charge in [-0.2, -0.15) is 0 Å². The molecule has 1 aliphatic rings. The lowest BCUT2D eigenvalue weighted by Gasteiger charge is -2.18. The van der Waals surface area contributed by atoms with Gasteiger partial charge in [-0.3, -0.25) is 29.8 Å². The van der Waals surface area contributed by atoms with E-state index < -0.39 is 33.0 Å². The molecule has 10 nitrogen and oxygen atoms in total. The number of hydrogen-bond donors (Lipinski definition) is 2. The minimum absolute atomic E-state index is 0.236. The van der Waals surface area contributed by atoms with Crippen molar-refractivity contribution in [3.05, 3.63) is 60.0 Å². The molecule has 1 heterocycles. The Bertz CT molecular complexity index is 983. The first-order valence-electron chi connectivity index (χ1n) is 8.37. The summed E-state index contributed by atoms with van der Waals surface area (Å²) in [6.07, 6.45) is 2.39. The SMILES string of the molecule is C[C@@H]1CCc2sc(NC(=O)c3cc([N+](=O)[O-])cc([N+](=O)[O-])c3)c(C(N)=O)c2C1. The van der Waals surface area contributed by atoms with Crippen LogP contribution in [0.2, 0.25) is 0 Å². The number of anilines is 1. The predicted octanol–water partition coefficient (Wildman–Crippen LogP) is 3.04. The molecule has 3 N–H and O–H groups in total. The maximum atomic E-state index is 12.6. The summed E-state index contributed by atoms with van der Waals surface area (Å²) in [7, 11) is 0. The summed E-state index contributed by atoms with van der Waals surface area (Å²) >= 11 is 1.24. The Kier molecular flexibility index (Phi) is 5.10. The quantitative estimate of drug-likeness (QED) is 0.575. The molecular weight excluding hydrogens is 388 g/mol. The third-order valence-electron chi connectivity index (χ3n) is 4.57. The molecule has 11 heteroatoms. The lowest BCUT2D eigenvalue weighted by molar-refractivity contribution is -0.394. The zero-order valence-corrected chi connectivity index (χ0v) is 15.6. The minimum atomic E-state index is -0.816. The number of rotatable bonds is 5.